The first-order chi connectivity index (χ1) is 6.50. The standard InChI is InChI=1S/C11H20O3/c1-4-5-6-8-14-9-7-11(2,3)10(12)13/h4H,1,5-9H2,2-3H3,(H,12,13). The summed E-state index contributed by atoms with van der Waals surface area (Å²) >= 11 is 0. The molecule has 0 radical (unpaired) electrons. The van der Waals surface area contributed by atoms with Crippen molar-refractivity contribution in [1.29, 1.82) is 0 Å². The fourth-order valence-corrected chi connectivity index (χ4v) is 0.866. The average Bonchev–Trinajstić information content (AvgIpc) is 2.10. The zero-order valence-corrected chi connectivity index (χ0v) is 9.08. The number of carboxylic acid groups (broad SMARTS) is 1. The van der Waals surface area contributed by atoms with Crippen molar-refractivity contribution < 1.29 is 14.6 Å². The zero-order chi connectivity index (χ0) is 11.0. The molecule has 0 spiro atoms. The molecule has 0 aromatic rings. The molecule has 0 aromatic heterocycles. The number of aliphatic carboxylic acids is 1. The van der Waals surface area contributed by atoms with Crippen LogP contribution in [0.2, 0.25) is 0 Å². The molecular formula is C11H20O3. The van der Waals surface area contributed by atoms with E-state index in [9.17, 15) is 4.79 Å². The van der Waals surface area contributed by atoms with Crippen LogP contribution < -0.4 is 0 Å². The molecule has 0 atom stereocenters. The molecule has 0 saturated carbocycles. The van der Waals surface area contributed by atoms with Crippen LogP contribution in [0.5, 0.6) is 0 Å². The third-order valence-electron chi connectivity index (χ3n) is 2.15. The molecule has 14 heavy (non-hydrogen) atoms. The second-order valence-corrected chi connectivity index (χ2v) is 3.98. The first-order valence-electron chi connectivity index (χ1n) is 4.93. The molecule has 0 rings (SSSR count). The monoisotopic (exact) mass is 200 g/mol. The van der Waals surface area contributed by atoms with Crippen LogP contribution in [0.4, 0.5) is 0 Å². The number of carboxylic acids is 1. The highest BCUT2D eigenvalue weighted by Gasteiger charge is 2.26. The normalized spacial score (nSPS) is 11.3. The van der Waals surface area contributed by atoms with Crippen molar-refractivity contribution in [2.75, 3.05) is 13.2 Å². The van der Waals surface area contributed by atoms with Gasteiger partial charge in [0.15, 0.2) is 0 Å². The van der Waals surface area contributed by atoms with Crippen molar-refractivity contribution >= 4 is 5.97 Å². The van der Waals surface area contributed by atoms with E-state index in [0.29, 0.717) is 19.6 Å². The number of unbranched alkanes of at least 4 members (excludes halogenated alkanes) is 1. The highest BCUT2D eigenvalue weighted by molar-refractivity contribution is 5.73. The summed E-state index contributed by atoms with van der Waals surface area (Å²) in [6.45, 7) is 8.22. The van der Waals surface area contributed by atoms with Crippen LogP contribution >= 0.6 is 0 Å². The molecular weight excluding hydrogens is 180 g/mol. The Kier molecular flexibility index (Phi) is 6.21. The van der Waals surface area contributed by atoms with Crippen LogP contribution in [0, 0.1) is 5.41 Å². The topological polar surface area (TPSA) is 46.5 Å². The third kappa shape index (κ3) is 5.75. The Morgan fingerprint density at radius 1 is 1.50 bits per heavy atom. The van der Waals surface area contributed by atoms with Crippen LogP contribution in [-0.4, -0.2) is 24.3 Å². The van der Waals surface area contributed by atoms with Crippen molar-refractivity contribution in [3.05, 3.63) is 12.7 Å². The minimum absolute atomic E-state index is 0.510. The van der Waals surface area contributed by atoms with Crippen molar-refractivity contribution in [1.82, 2.24) is 0 Å². The quantitative estimate of drug-likeness (QED) is 0.483. The Bertz CT molecular complexity index is 185. The van der Waals surface area contributed by atoms with Crippen LogP contribution in [0.1, 0.15) is 33.1 Å². The van der Waals surface area contributed by atoms with Crippen molar-refractivity contribution in [3.63, 3.8) is 0 Å². The summed E-state index contributed by atoms with van der Waals surface area (Å²) in [7, 11) is 0. The summed E-state index contributed by atoms with van der Waals surface area (Å²) in [5.74, 6) is -0.771. The van der Waals surface area contributed by atoms with Gasteiger partial charge < -0.3 is 9.84 Å². The first kappa shape index (κ1) is 13.2. The minimum Gasteiger partial charge on any atom is -0.481 e. The Balaban J connectivity index is 3.44. The lowest BCUT2D eigenvalue weighted by molar-refractivity contribution is -0.148. The van der Waals surface area contributed by atoms with Gasteiger partial charge in [0.25, 0.3) is 0 Å². The largest absolute Gasteiger partial charge is 0.481 e. The summed E-state index contributed by atoms with van der Waals surface area (Å²) in [6, 6.07) is 0. The third-order valence-corrected chi connectivity index (χ3v) is 2.15. The van der Waals surface area contributed by atoms with Crippen molar-refractivity contribution in [2.45, 2.75) is 33.1 Å². The molecule has 0 fully saturated rings. The molecule has 1 N–H and O–H groups in total. The summed E-state index contributed by atoms with van der Waals surface area (Å²) < 4.78 is 5.31. The van der Waals surface area contributed by atoms with Gasteiger partial charge in [-0.2, -0.15) is 0 Å². The summed E-state index contributed by atoms with van der Waals surface area (Å²) in [4.78, 5) is 10.7. The Morgan fingerprint density at radius 3 is 2.64 bits per heavy atom. The molecule has 0 saturated heterocycles. The summed E-state index contributed by atoms with van der Waals surface area (Å²) in [5, 5.41) is 8.81. The highest BCUT2D eigenvalue weighted by atomic mass is 16.5. The van der Waals surface area contributed by atoms with E-state index >= 15 is 0 Å². The van der Waals surface area contributed by atoms with Gasteiger partial charge in [-0.05, 0) is 33.1 Å². The summed E-state index contributed by atoms with van der Waals surface area (Å²) in [5.41, 5.74) is -0.682. The molecule has 0 amide bonds. The Labute approximate surface area is 85.8 Å². The SMILES string of the molecule is C=CCCCOCCC(C)(C)C(=O)O. The van der Waals surface area contributed by atoms with E-state index in [-0.39, 0.29) is 0 Å². The van der Waals surface area contributed by atoms with E-state index < -0.39 is 11.4 Å². The lowest BCUT2D eigenvalue weighted by Gasteiger charge is -2.18. The number of allylic oxidation sites excluding steroid dienone is 1. The van der Waals surface area contributed by atoms with E-state index in [2.05, 4.69) is 6.58 Å². The van der Waals surface area contributed by atoms with E-state index in [0.717, 1.165) is 12.8 Å². The molecule has 0 heterocycles. The molecule has 0 bridgehead atoms. The number of hydrogen-bond acceptors (Lipinski definition) is 2. The van der Waals surface area contributed by atoms with Gasteiger partial charge in [-0.3, -0.25) is 4.79 Å². The van der Waals surface area contributed by atoms with Gasteiger partial charge in [-0.15, -0.1) is 6.58 Å². The molecule has 0 aliphatic heterocycles. The summed E-state index contributed by atoms with van der Waals surface area (Å²) in [6.07, 6.45) is 4.31. The van der Waals surface area contributed by atoms with E-state index in [1.807, 2.05) is 6.08 Å². The second kappa shape index (κ2) is 6.60. The fourth-order valence-electron chi connectivity index (χ4n) is 0.866. The molecule has 0 aliphatic carbocycles. The maximum Gasteiger partial charge on any atom is 0.309 e. The van der Waals surface area contributed by atoms with Gasteiger partial charge in [0, 0.05) is 13.2 Å². The van der Waals surface area contributed by atoms with E-state index in [4.69, 9.17) is 9.84 Å². The molecule has 0 aromatic carbocycles. The van der Waals surface area contributed by atoms with E-state index in [1.165, 1.54) is 0 Å². The van der Waals surface area contributed by atoms with Crippen LogP contribution in [0.25, 0.3) is 0 Å². The lowest BCUT2D eigenvalue weighted by atomic mass is 9.90. The van der Waals surface area contributed by atoms with Gasteiger partial charge in [0.2, 0.25) is 0 Å². The molecule has 3 nitrogen and oxygen atoms in total. The first-order valence-corrected chi connectivity index (χ1v) is 4.93. The molecule has 0 aliphatic rings. The average molecular weight is 200 g/mol. The highest BCUT2D eigenvalue weighted by Crippen LogP contribution is 2.20. The predicted molar refractivity (Wildman–Crippen MR) is 56.3 cm³/mol. The van der Waals surface area contributed by atoms with Gasteiger partial charge in [0.05, 0.1) is 5.41 Å². The Hall–Kier alpha value is -0.830. The fraction of sp³-hybridized carbons (Fsp3) is 0.727. The second-order valence-electron chi connectivity index (χ2n) is 3.98. The molecule has 3 heteroatoms. The predicted octanol–water partition coefficient (Wildman–Crippen LogP) is 2.47. The molecule has 82 valence electrons. The van der Waals surface area contributed by atoms with Crippen molar-refractivity contribution in [2.24, 2.45) is 5.41 Å². The number of rotatable bonds is 8. The van der Waals surface area contributed by atoms with Crippen molar-refractivity contribution in [3.8, 4) is 0 Å². The van der Waals surface area contributed by atoms with Gasteiger partial charge in [-0.1, -0.05) is 6.08 Å². The maximum absolute atomic E-state index is 10.7. The zero-order valence-electron chi connectivity index (χ0n) is 9.08. The number of ether oxygens (including phenoxy) is 1. The Morgan fingerprint density at radius 2 is 2.14 bits per heavy atom. The van der Waals surface area contributed by atoms with E-state index in [1.54, 1.807) is 13.8 Å². The van der Waals surface area contributed by atoms with Gasteiger partial charge >= 0.3 is 5.97 Å². The van der Waals surface area contributed by atoms with Gasteiger partial charge in [-0.25, -0.2) is 0 Å². The molecule has 0 unspecified atom stereocenters. The minimum atomic E-state index is -0.771. The van der Waals surface area contributed by atoms with Gasteiger partial charge in [0.1, 0.15) is 0 Å². The van der Waals surface area contributed by atoms with Crippen LogP contribution in [-0.2, 0) is 9.53 Å². The number of hydrogen-bond donors (Lipinski definition) is 1. The lowest BCUT2D eigenvalue weighted by Crippen LogP contribution is -2.25. The van der Waals surface area contributed by atoms with Crippen LogP contribution in [0.15, 0.2) is 12.7 Å². The smallest absolute Gasteiger partial charge is 0.309 e. The maximum atomic E-state index is 10.7. The van der Waals surface area contributed by atoms with Crippen LogP contribution in [0.3, 0.4) is 0 Å². The number of carbonyl (C=O) groups is 1.